The molecule has 1 N–H and O–H groups in total. The van der Waals surface area contributed by atoms with Crippen LogP contribution in [-0.4, -0.2) is 22.2 Å². The third-order valence-corrected chi connectivity index (χ3v) is 3.32. The molecule has 1 aromatic carbocycles. The summed E-state index contributed by atoms with van der Waals surface area (Å²) in [6.45, 7) is 5.35. The predicted molar refractivity (Wildman–Crippen MR) is 79.4 cm³/mol. The number of aryl methyl sites for hydroxylation is 2. The fourth-order valence-corrected chi connectivity index (χ4v) is 2.06. The van der Waals surface area contributed by atoms with Gasteiger partial charge in [-0.05, 0) is 24.5 Å². The molecule has 1 amide bonds. The average Bonchev–Trinajstić information content (AvgIpc) is 2.89. The number of hydrogen-bond donors (Lipinski definition) is 1. The van der Waals surface area contributed by atoms with Crippen molar-refractivity contribution in [3.05, 3.63) is 53.9 Å². The first-order chi connectivity index (χ1) is 9.65. The van der Waals surface area contributed by atoms with Crippen LogP contribution in [0.2, 0.25) is 0 Å². The average molecular weight is 271 g/mol. The van der Waals surface area contributed by atoms with Gasteiger partial charge in [0.15, 0.2) is 0 Å². The molecule has 0 aliphatic rings. The third kappa shape index (κ3) is 4.23. The lowest BCUT2D eigenvalue weighted by Crippen LogP contribution is -2.28. The molecular formula is C16H21N3O. The van der Waals surface area contributed by atoms with Crippen LogP contribution in [0.3, 0.4) is 0 Å². The van der Waals surface area contributed by atoms with Gasteiger partial charge in [0.25, 0.3) is 0 Å². The molecule has 1 heterocycles. The Labute approximate surface area is 119 Å². The lowest BCUT2D eigenvalue weighted by molar-refractivity contribution is -0.121. The largest absolute Gasteiger partial charge is 0.355 e. The van der Waals surface area contributed by atoms with Crippen molar-refractivity contribution >= 4 is 5.91 Å². The highest BCUT2D eigenvalue weighted by atomic mass is 16.1. The first-order valence-electron chi connectivity index (χ1n) is 6.97. The second-order valence-electron chi connectivity index (χ2n) is 5.09. The van der Waals surface area contributed by atoms with E-state index in [9.17, 15) is 4.79 Å². The molecule has 0 fully saturated rings. The number of nitrogens with one attached hydrogen (secondary N) is 1. The Balaban J connectivity index is 1.72. The molecule has 0 bridgehead atoms. The van der Waals surface area contributed by atoms with Crippen molar-refractivity contribution in [2.24, 2.45) is 0 Å². The van der Waals surface area contributed by atoms with E-state index in [1.54, 1.807) is 4.68 Å². The first kappa shape index (κ1) is 14.3. The van der Waals surface area contributed by atoms with Crippen LogP contribution in [0, 0.1) is 6.92 Å². The summed E-state index contributed by atoms with van der Waals surface area (Å²) < 4.78 is 1.80. The number of carbonyl (C=O) groups is 1. The maximum absolute atomic E-state index is 11.8. The zero-order valence-corrected chi connectivity index (χ0v) is 12.0. The maximum atomic E-state index is 11.8. The molecular weight excluding hydrogens is 250 g/mol. The molecule has 0 aliphatic heterocycles. The van der Waals surface area contributed by atoms with Crippen LogP contribution in [0.1, 0.15) is 30.5 Å². The van der Waals surface area contributed by atoms with E-state index in [1.807, 2.05) is 37.4 Å². The van der Waals surface area contributed by atoms with Crippen LogP contribution in [0.5, 0.6) is 0 Å². The molecule has 4 nitrogen and oxygen atoms in total. The SMILES string of the molecule is Cc1ccn(CCC(=O)NC[C@@H](C)c2ccccc2)n1. The van der Waals surface area contributed by atoms with Crippen molar-refractivity contribution in [2.45, 2.75) is 32.7 Å². The Bertz CT molecular complexity index is 548. The minimum absolute atomic E-state index is 0.0703. The standard InChI is InChI=1S/C16H21N3O/c1-13(15-6-4-3-5-7-15)12-17-16(20)9-11-19-10-8-14(2)18-19/h3-8,10,13H,9,11-12H2,1-2H3,(H,17,20)/t13-/m1/s1. The fraction of sp³-hybridized carbons (Fsp3) is 0.375. The fourth-order valence-electron chi connectivity index (χ4n) is 2.06. The predicted octanol–water partition coefficient (Wildman–Crippen LogP) is 2.50. The van der Waals surface area contributed by atoms with Gasteiger partial charge in [-0.2, -0.15) is 5.10 Å². The molecule has 0 spiro atoms. The van der Waals surface area contributed by atoms with Crippen molar-refractivity contribution in [3.63, 3.8) is 0 Å². The molecule has 0 aliphatic carbocycles. The van der Waals surface area contributed by atoms with Crippen LogP contribution in [0.15, 0.2) is 42.6 Å². The van der Waals surface area contributed by atoms with Crippen molar-refractivity contribution in [3.8, 4) is 0 Å². The van der Waals surface area contributed by atoms with Gasteiger partial charge in [0.2, 0.25) is 5.91 Å². The van der Waals surface area contributed by atoms with Crippen LogP contribution in [-0.2, 0) is 11.3 Å². The lowest BCUT2D eigenvalue weighted by Gasteiger charge is -2.13. The number of benzene rings is 1. The van der Waals surface area contributed by atoms with Crippen molar-refractivity contribution in [1.29, 1.82) is 0 Å². The molecule has 2 aromatic rings. The van der Waals surface area contributed by atoms with Crippen LogP contribution < -0.4 is 5.32 Å². The van der Waals surface area contributed by atoms with Crippen LogP contribution >= 0.6 is 0 Å². The molecule has 20 heavy (non-hydrogen) atoms. The number of aromatic nitrogens is 2. The quantitative estimate of drug-likeness (QED) is 0.877. The number of amides is 1. The van der Waals surface area contributed by atoms with Gasteiger partial charge >= 0.3 is 0 Å². The lowest BCUT2D eigenvalue weighted by atomic mass is 10.0. The summed E-state index contributed by atoms with van der Waals surface area (Å²) in [7, 11) is 0. The van der Waals surface area contributed by atoms with E-state index in [1.165, 1.54) is 5.56 Å². The Morgan fingerprint density at radius 1 is 1.30 bits per heavy atom. The third-order valence-electron chi connectivity index (χ3n) is 3.32. The van der Waals surface area contributed by atoms with E-state index in [0.29, 0.717) is 25.4 Å². The second-order valence-corrected chi connectivity index (χ2v) is 5.09. The summed E-state index contributed by atoms with van der Waals surface area (Å²) in [6, 6.07) is 12.2. The molecule has 0 unspecified atom stereocenters. The van der Waals surface area contributed by atoms with E-state index in [-0.39, 0.29) is 5.91 Å². The zero-order valence-electron chi connectivity index (χ0n) is 12.0. The monoisotopic (exact) mass is 271 g/mol. The topological polar surface area (TPSA) is 46.9 Å². The number of nitrogens with zero attached hydrogens (tertiary/aromatic N) is 2. The van der Waals surface area contributed by atoms with Crippen LogP contribution in [0.25, 0.3) is 0 Å². The summed E-state index contributed by atoms with van der Waals surface area (Å²) >= 11 is 0. The summed E-state index contributed by atoms with van der Waals surface area (Å²) in [4.78, 5) is 11.8. The Kier molecular flexibility index (Phi) is 4.93. The molecule has 1 aromatic heterocycles. The minimum atomic E-state index is 0.0703. The summed E-state index contributed by atoms with van der Waals surface area (Å²) in [5.74, 6) is 0.396. The molecule has 0 saturated heterocycles. The van der Waals surface area contributed by atoms with Gasteiger partial charge < -0.3 is 5.32 Å². The van der Waals surface area contributed by atoms with Gasteiger partial charge in [0.05, 0.1) is 5.69 Å². The van der Waals surface area contributed by atoms with Crippen LogP contribution in [0.4, 0.5) is 0 Å². The van der Waals surface area contributed by atoms with Gasteiger partial charge in [0, 0.05) is 25.7 Å². The smallest absolute Gasteiger partial charge is 0.221 e. The molecule has 2 rings (SSSR count). The summed E-state index contributed by atoms with van der Waals surface area (Å²) in [6.07, 6.45) is 2.36. The van der Waals surface area contributed by atoms with Gasteiger partial charge in [-0.3, -0.25) is 9.48 Å². The summed E-state index contributed by atoms with van der Waals surface area (Å²) in [5.41, 5.74) is 2.22. The van der Waals surface area contributed by atoms with E-state index >= 15 is 0 Å². The van der Waals surface area contributed by atoms with E-state index in [0.717, 1.165) is 5.69 Å². The van der Waals surface area contributed by atoms with Crippen molar-refractivity contribution in [1.82, 2.24) is 15.1 Å². The van der Waals surface area contributed by atoms with E-state index in [2.05, 4.69) is 29.5 Å². The number of carbonyl (C=O) groups excluding carboxylic acids is 1. The number of hydrogen-bond acceptors (Lipinski definition) is 2. The van der Waals surface area contributed by atoms with Crippen molar-refractivity contribution in [2.75, 3.05) is 6.54 Å². The Hall–Kier alpha value is -2.10. The maximum Gasteiger partial charge on any atom is 0.221 e. The second kappa shape index (κ2) is 6.89. The minimum Gasteiger partial charge on any atom is -0.355 e. The van der Waals surface area contributed by atoms with E-state index in [4.69, 9.17) is 0 Å². The van der Waals surface area contributed by atoms with E-state index < -0.39 is 0 Å². The van der Waals surface area contributed by atoms with Crippen molar-refractivity contribution < 1.29 is 4.79 Å². The zero-order chi connectivity index (χ0) is 14.4. The highest BCUT2D eigenvalue weighted by Gasteiger charge is 2.07. The Morgan fingerprint density at radius 2 is 2.05 bits per heavy atom. The van der Waals surface area contributed by atoms with Gasteiger partial charge in [-0.15, -0.1) is 0 Å². The normalized spacial score (nSPS) is 12.1. The first-order valence-corrected chi connectivity index (χ1v) is 6.97. The van der Waals surface area contributed by atoms with Gasteiger partial charge in [-0.25, -0.2) is 0 Å². The highest BCUT2D eigenvalue weighted by molar-refractivity contribution is 5.75. The highest BCUT2D eigenvalue weighted by Crippen LogP contribution is 2.12. The molecule has 106 valence electrons. The summed E-state index contributed by atoms with van der Waals surface area (Å²) in [5, 5.41) is 7.24. The molecule has 0 saturated carbocycles. The number of rotatable bonds is 6. The van der Waals surface area contributed by atoms with Gasteiger partial charge in [0.1, 0.15) is 0 Å². The molecule has 1 atom stereocenters. The Morgan fingerprint density at radius 3 is 2.70 bits per heavy atom. The van der Waals surface area contributed by atoms with Gasteiger partial charge in [-0.1, -0.05) is 37.3 Å². The molecule has 4 heteroatoms. The molecule has 0 radical (unpaired) electrons.